The summed E-state index contributed by atoms with van der Waals surface area (Å²) in [5.74, 6) is 1.20. The number of hydrogen-bond acceptors (Lipinski definition) is 6. The number of ether oxygens (including phenoxy) is 1. The summed E-state index contributed by atoms with van der Waals surface area (Å²) in [6.45, 7) is 2.53. The summed E-state index contributed by atoms with van der Waals surface area (Å²) in [6, 6.07) is -0.0194. The van der Waals surface area contributed by atoms with Crippen molar-refractivity contribution >= 4 is 0 Å². The first-order valence-corrected chi connectivity index (χ1v) is 5.45. The molecule has 0 aromatic carbocycles. The van der Waals surface area contributed by atoms with Crippen LogP contribution in [0, 0.1) is 0 Å². The van der Waals surface area contributed by atoms with Crippen molar-refractivity contribution < 1.29 is 14.4 Å². The van der Waals surface area contributed by atoms with Gasteiger partial charge in [0.1, 0.15) is 0 Å². The number of nitrogens with zero attached hydrogens (tertiary/aromatic N) is 2. The first-order valence-electron chi connectivity index (χ1n) is 5.45. The fourth-order valence-corrected chi connectivity index (χ4v) is 1.74. The molecule has 0 spiro atoms. The lowest BCUT2D eigenvalue weighted by molar-refractivity contribution is 0.116. The highest BCUT2D eigenvalue weighted by Gasteiger charge is 2.28. The third-order valence-corrected chi connectivity index (χ3v) is 2.76. The van der Waals surface area contributed by atoms with Gasteiger partial charge in [-0.3, -0.25) is 0 Å². The number of aliphatic hydroxyl groups is 1. The lowest BCUT2D eigenvalue weighted by Crippen LogP contribution is -2.15. The zero-order valence-corrected chi connectivity index (χ0v) is 9.51. The molecule has 3 atom stereocenters. The first kappa shape index (κ1) is 11.5. The van der Waals surface area contributed by atoms with Gasteiger partial charge in [0, 0.05) is 20.1 Å². The predicted molar refractivity (Wildman–Crippen MR) is 55.8 cm³/mol. The van der Waals surface area contributed by atoms with Crippen molar-refractivity contribution in [2.45, 2.75) is 38.0 Å². The van der Waals surface area contributed by atoms with Crippen LogP contribution in [0.2, 0.25) is 0 Å². The Balaban J connectivity index is 1.97. The molecule has 1 saturated heterocycles. The minimum absolute atomic E-state index is 0.0194. The van der Waals surface area contributed by atoms with E-state index in [1.54, 1.807) is 7.11 Å². The predicted octanol–water partition coefficient (Wildman–Crippen LogP) is 0.0423. The molecule has 1 fully saturated rings. The van der Waals surface area contributed by atoms with Gasteiger partial charge in [0.25, 0.3) is 0 Å². The number of rotatable bonds is 4. The highest BCUT2D eigenvalue weighted by molar-refractivity contribution is 4.98. The molecule has 1 aromatic rings. The molecule has 0 bridgehead atoms. The summed E-state index contributed by atoms with van der Waals surface area (Å²) in [5, 5.41) is 16.4. The second-order valence-electron chi connectivity index (χ2n) is 4.15. The van der Waals surface area contributed by atoms with Crippen molar-refractivity contribution in [1.29, 1.82) is 0 Å². The minimum atomic E-state index is -0.321. The molecule has 0 amide bonds. The minimum Gasteiger partial charge on any atom is -0.392 e. The Hall–Kier alpha value is -0.980. The maximum atomic E-state index is 9.38. The van der Waals surface area contributed by atoms with Crippen LogP contribution in [0.3, 0.4) is 0 Å². The van der Waals surface area contributed by atoms with Gasteiger partial charge in [0.15, 0.2) is 5.82 Å². The Morgan fingerprint density at radius 3 is 3.12 bits per heavy atom. The number of hydrogen-bond donors (Lipinski definition) is 2. The second-order valence-corrected chi connectivity index (χ2v) is 4.15. The van der Waals surface area contributed by atoms with Crippen molar-refractivity contribution in [2.75, 3.05) is 13.7 Å². The average Bonchev–Trinajstić information content (AvgIpc) is 2.87. The number of nitrogens with one attached hydrogen (secondary N) is 1. The average molecular weight is 227 g/mol. The zero-order valence-electron chi connectivity index (χ0n) is 9.51. The van der Waals surface area contributed by atoms with Crippen LogP contribution in [-0.2, 0) is 11.2 Å². The van der Waals surface area contributed by atoms with Gasteiger partial charge in [0.05, 0.1) is 18.2 Å². The van der Waals surface area contributed by atoms with E-state index < -0.39 is 0 Å². The lowest BCUT2D eigenvalue weighted by Gasteiger charge is -2.04. The van der Waals surface area contributed by atoms with Crippen molar-refractivity contribution in [3.63, 3.8) is 0 Å². The molecular formula is C10H17N3O3. The van der Waals surface area contributed by atoms with E-state index in [9.17, 15) is 5.11 Å². The normalized spacial score (nSPS) is 27.2. The van der Waals surface area contributed by atoms with E-state index in [1.807, 2.05) is 6.92 Å². The zero-order chi connectivity index (χ0) is 11.5. The van der Waals surface area contributed by atoms with Crippen molar-refractivity contribution in [1.82, 2.24) is 15.5 Å². The molecule has 16 heavy (non-hydrogen) atoms. The van der Waals surface area contributed by atoms with E-state index in [4.69, 9.17) is 9.26 Å². The van der Waals surface area contributed by atoms with Crippen LogP contribution < -0.4 is 5.32 Å². The summed E-state index contributed by atoms with van der Waals surface area (Å²) in [7, 11) is 1.65. The topological polar surface area (TPSA) is 80.4 Å². The monoisotopic (exact) mass is 227 g/mol. The Morgan fingerprint density at radius 1 is 1.69 bits per heavy atom. The number of aromatic nitrogens is 2. The molecule has 1 unspecified atom stereocenters. The lowest BCUT2D eigenvalue weighted by atomic mass is 10.2. The van der Waals surface area contributed by atoms with E-state index in [1.165, 1.54) is 0 Å². The summed E-state index contributed by atoms with van der Waals surface area (Å²) in [6.07, 6.45) is 1.02. The molecule has 2 rings (SSSR count). The summed E-state index contributed by atoms with van der Waals surface area (Å²) in [5.41, 5.74) is 0. The second kappa shape index (κ2) is 4.90. The van der Waals surface area contributed by atoms with Crippen LogP contribution in [-0.4, -0.2) is 41.1 Å². The molecule has 2 heterocycles. The fourth-order valence-electron chi connectivity index (χ4n) is 1.74. The molecule has 0 aliphatic carbocycles. The molecule has 6 heteroatoms. The summed E-state index contributed by atoms with van der Waals surface area (Å²) < 4.78 is 10.3. The molecule has 90 valence electrons. The highest BCUT2D eigenvalue weighted by atomic mass is 16.5. The van der Waals surface area contributed by atoms with E-state index in [0.29, 0.717) is 31.1 Å². The maximum Gasteiger partial charge on any atom is 0.243 e. The Labute approximate surface area is 94.0 Å². The van der Waals surface area contributed by atoms with Gasteiger partial charge in [-0.05, 0) is 13.3 Å². The third-order valence-electron chi connectivity index (χ3n) is 2.76. The largest absolute Gasteiger partial charge is 0.392 e. The fraction of sp³-hybridized carbons (Fsp3) is 0.800. The van der Waals surface area contributed by atoms with E-state index >= 15 is 0 Å². The van der Waals surface area contributed by atoms with Crippen LogP contribution in [0.1, 0.15) is 31.1 Å². The molecular weight excluding hydrogens is 210 g/mol. The number of methoxy groups -OCH3 is 1. The molecule has 1 aromatic heterocycles. The summed E-state index contributed by atoms with van der Waals surface area (Å²) in [4.78, 5) is 4.28. The van der Waals surface area contributed by atoms with Gasteiger partial charge in [-0.2, -0.15) is 4.98 Å². The SMILES string of the molecule is COC(C)Cc1noc([C@@H]2C[C@H](O)CN2)n1. The molecule has 0 saturated carbocycles. The molecule has 1 aliphatic heterocycles. The van der Waals surface area contributed by atoms with Gasteiger partial charge in [-0.15, -0.1) is 0 Å². The van der Waals surface area contributed by atoms with Crippen molar-refractivity contribution in [3.8, 4) is 0 Å². The van der Waals surface area contributed by atoms with Crippen LogP contribution in [0.5, 0.6) is 0 Å². The standard InChI is InChI=1S/C10H17N3O3/c1-6(15-2)3-9-12-10(16-13-9)8-4-7(14)5-11-8/h6-8,11,14H,3-5H2,1-2H3/t6?,7-,8-/m0/s1. The van der Waals surface area contributed by atoms with E-state index in [0.717, 1.165) is 0 Å². The van der Waals surface area contributed by atoms with E-state index in [2.05, 4.69) is 15.5 Å². The van der Waals surface area contributed by atoms with Crippen LogP contribution in [0.25, 0.3) is 0 Å². The van der Waals surface area contributed by atoms with Gasteiger partial charge in [-0.25, -0.2) is 0 Å². The van der Waals surface area contributed by atoms with Crippen molar-refractivity contribution in [3.05, 3.63) is 11.7 Å². The Morgan fingerprint density at radius 2 is 2.50 bits per heavy atom. The van der Waals surface area contributed by atoms with Crippen molar-refractivity contribution in [2.24, 2.45) is 0 Å². The third kappa shape index (κ3) is 2.58. The van der Waals surface area contributed by atoms with Crippen LogP contribution in [0.4, 0.5) is 0 Å². The van der Waals surface area contributed by atoms with Gasteiger partial charge in [-0.1, -0.05) is 5.16 Å². The maximum absolute atomic E-state index is 9.38. The highest BCUT2D eigenvalue weighted by Crippen LogP contribution is 2.21. The molecule has 1 aliphatic rings. The van der Waals surface area contributed by atoms with Gasteiger partial charge >= 0.3 is 0 Å². The Bertz CT molecular complexity index is 342. The van der Waals surface area contributed by atoms with Crippen LogP contribution >= 0.6 is 0 Å². The molecule has 6 nitrogen and oxygen atoms in total. The number of β-amino-alcohol motifs (C(OH)–C–C–N with tert-alkyl or cyclic N) is 1. The number of aliphatic hydroxyl groups excluding tert-OH is 1. The first-order chi connectivity index (χ1) is 7.69. The van der Waals surface area contributed by atoms with Gasteiger partial charge in [0.2, 0.25) is 5.89 Å². The van der Waals surface area contributed by atoms with Gasteiger partial charge < -0.3 is 19.7 Å². The summed E-state index contributed by atoms with van der Waals surface area (Å²) >= 11 is 0. The Kier molecular flexibility index (Phi) is 3.52. The smallest absolute Gasteiger partial charge is 0.243 e. The molecule has 2 N–H and O–H groups in total. The van der Waals surface area contributed by atoms with E-state index in [-0.39, 0.29) is 18.2 Å². The van der Waals surface area contributed by atoms with Crippen LogP contribution in [0.15, 0.2) is 4.52 Å². The molecule has 0 radical (unpaired) electrons. The quantitative estimate of drug-likeness (QED) is 0.756.